The largest absolute Gasteiger partial charge is 0.506 e. The number of carbonyl (C=O) groups excluding carboxylic acids is 1. The van der Waals surface area contributed by atoms with Gasteiger partial charge in [-0.05, 0) is 54.9 Å². The minimum Gasteiger partial charge on any atom is -0.506 e. The van der Waals surface area contributed by atoms with Gasteiger partial charge in [-0.15, -0.1) is 0 Å². The number of aliphatic hydroxyl groups is 1. The summed E-state index contributed by atoms with van der Waals surface area (Å²) in [7, 11) is 0. The number of ether oxygens (including phenoxy) is 1. The number of carbonyl (C=O) groups is 1. The third-order valence-corrected chi connectivity index (χ3v) is 8.29. The lowest BCUT2D eigenvalue weighted by atomic mass is 9.66. The van der Waals surface area contributed by atoms with Gasteiger partial charge in [0.15, 0.2) is 0 Å². The number of morpholine rings is 1. The molecule has 200 valence electrons. The highest BCUT2D eigenvalue weighted by Gasteiger charge is 2.61. The van der Waals surface area contributed by atoms with E-state index in [4.69, 9.17) is 4.74 Å². The number of fused-ring (bicyclic) bond motifs is 1. The van der Waals surface area contributed by atoms with Gasteiger partial charge in [0.05, 0.1) is 30.7 Å². The molecule has 3 N–H and O–H groups in total. The van der Waals surface area contributed by atoms with Crippen LogP contribution in [0.4, 0.5) is 4.39 Å². The van der Waals surface area contributed by atoms with Crippen molar-refractivity contribution in [1.29, 1.82) is 0 Å². The van der Waals surface area contributed by atoms with Gasteiger partial charge in [0.25, 0.3) is 11.5 Å². The van der Waals surface area contributed by atoms with Gasteiger partial charge in [0, 0.05) is 37.9 Å². The molecular weight excluding hydrogens is 491 g/mol. The molecule has 3 aromatic rings. The summed E-state index contributed by atoms with van der Waals surface area (Å²) in [5.74, 6) is -1.52. The first kappa shape index (κ1) is 25.0. The van der Waals surface area contributed by atoms with Crippen molar-refractivity contribution in [2.75, 3.05) is 39.5 Å². The van der Waals surface area contributed by atoms with Gasteiger partial charge in [0.2, 0.25) is 0 Å². The number of nitrogens with one attached hydrogen (secondary N) is 1. The molecule has 1 amide bonds. The molecule has 1 spiro atoms. The zero-order valence-corrected chi connectivity index (χ0v) is 21.1. The molecule has 38 heavy (non-hydrogen) atoms. The molecule has 2 aliphatic carbocycles. The number of hydrogen-bond acceptors (Lipinski definition) is 7. The highest BCUT2D eigenvalue weighted by Crippen LogP contribution is 2.64. The molecule has 3 aliphatic rings. The van der Waals surface area contributed by atoms with Crippen LogP contribution >= 0.6 is 0 Å². The highest BCUT2D eigenvalue weighted by atomic mass is 19.1. The van der Waals surface area contributed by atoms with Crippen molar-refractivity contribution >= 4 is 16.9 Å². The number of amides is 1. The summed E-state index contributed by atoms with van der Waals surface area (Å²) in [5.41, 5.74) is -0.0130. The fourth-order valence-electron chi connectivity index (χ4n) is 6.05. The lowest BCUT2D eigenvalue weighted by Crippen LogP contribution is -2.61. The van der Waals surface area contributed by atoms with E-state index in [-0.39, 0.29) is 41.0 Å². The molecule has 3 heterocycles. The second kappa shape index (κ2) is 9.44. The van der Waals surface area contributed by atoms with Gasteiger partial charge in [0.1, 0.15) is 22.8 Å². The van der Waals surface area contributed by atoms with Crippen LogP contribution in [0.3, 0.4) is 0 Å². The topological polar surface area (TPSA) is 117 Å². The van der Waals surface area contributed by atoms with Crippen molar-refractivity contribution in [3.8, 4) is 16.9 Å². The molecule has 9 nitrogen and oxygen atoms in total. The monoisotopic (exact) mass is 522 g/mol. The molecule has 0 radical (unpaired) electrons. The van der Waals surface area contributed by atoms with E-state index in [0.717, 1.165) is 25.9 Å². The molecule has 0 bridgehead atoms. The highest BCUT2D eigenvalue weighted by molar-refractivity contribution is 6.02. The molecule has 2 saturated carbocycles. The SMILES string of the molecule is O=C(NC1(CO)CC2(CC2)C1)c1c(O)c2cc(-c3ccc(F)cc3)cnc2n(CCN2CCOCC2)c1=O. The maximum atomic E-state index is 13.7. The Balaban J connectivity index is 1.41. The standard InChI is InChI=1S/C28H31FN4O5/c29-20-3-1-18(2-4-20)19-13-21-23(35)22(25(36)31-28(17-34)15-27(16-28)5-6-27)26(37)33(24(21)30-14-19)8-7-32-9-11-38-12-10-32/h1-4,13-14,34-35H,5-12,15-17H2,(H,31,36). The van der Waals surface area contributed by atoms with Crippen LogP contribution in [-0.2, 0) is 11.3 Å². The number of hydrogen-bond donors (Lipinski definition) is 3. The van der Waals surface area contributed by atoms with E-state index >= 15 is 0 Å². The maximum Gasteiger partial charge on any atom is 0.268 e. The van der Waals surface area contributed by atoms with Crippen LogP contribution in [0.25, 0.3) is 22.2 Å². The number of rotatable bonds is 7. The van der Waals surface area contributed by atoms with E-state index in [9.17, 15) is 24.2 Å². The molecule has 1 aliphatic heterocycles. The first-order valence-corrected chi connectivity index (χ1v) is 13.1. The summed E-state index contributed by atoms with van der Waals surface area (Å²) in [5, 5.41) is 24.4. The predicted octanol–water partition coefficient (Wildman–Crippen LogP) is 2.28. The van der Waals surface area contributed by atoms with Crippen LogP contribution in [0.15, 0.2) is 41.3 Å². The number of nitrogens with zero attached hydrogens (tertiary/aromatic N) is 3. The number of benzene rings is 1. The fraction of sp³-hybridized carbons (Fsp3) is 0.464. The van der Waals surface area contributed by atoms with Crippen molar-refractivity contribution in [1.82, 2.24) is 19.8 Å². The van der Waals surface area contributed by atoms with Crippen LogP contribution in [0, 0.1) is 11.2 Å². The summed E-state index contributed by atoms with van der Waals surface area (Å²) in [6.45, 7) is 3.30. The lowest BCUT2D eigenvalue weighted by molar-refractivity contribution is 0.0240. The zero-order valence-electron chi connectivity index (χ0n) is 21.1. The average Bonchev–Trinajstić information content (AvgIpc) is 3.69. The maximum absolute atomic E-state index is 13.7. The van der Waals surface area contributed by atoms with Crippen LogP contribution in [-0.4, -0.2) is 75.6 Å². The minimum atomic E-state index is -0.783. The van der Waals surface area contributed by atoms with E-state index in [2.05, 4.69) is 15.2 Å². The second-order valence-corrected chi connectivity index (χ2v) is 11.0. The first-order chi connectivity index (χ1) is 18.3. The van der Waals surface area contributed by atoms with Crippen molar-refractivity contribution in [3.63, 3.8) is 0 Å². The summed E-state index contributed by atoms with van der Waals surface area (Å²) < 4.78 is 20.3. The van der Waals surface area contributed by atoms with Crippen molar-refractivity contribution in [2.24, 2.45) is 5.41 Å². The molecule has 3 fully saturated rings. The molecular formula is C28H31FN4O5. The Morgan fingerprint density at radius 2 is 1.82 bits per heavy atom. The van der Waals surface area contributed by atoms with Gasteiger partial charge in [-0.2, -0.15) is 0 Å². The van der Waals surface area contributed by atoms with E-state index in [1.165, 1.54) is 16.7 Å². The molecule has 2 aromatic heterocycles. The Hall–Kier alpha value is -3.34. The van der Waals surface area contributed by atoms with Crippen LogP contribution in [0.2, 0.25) is 0 Å². The lowest BCUT2D eigenvalue weighted by Gasteiger charge is -2.48. The molecule has 1 aromatic carbocycles. The van der Waals surface area contributed by atoms with E-state index in [1.807, 2.05) is 0 Å². The number of aliphatic hydroxyl groups excluding tert-OH is 1. The van der Waals surface area contributed by atoms with Gasteiger partial charge < -0.3 is 20.3 Å². The second-order valence-electron chi connectivity index (χ2n) is 11.0. The van der Waals surface area contributed by atoms with Gasteiger partial charge in [-0.1, -0.05) is 12.1 Å². The predicted molar refractivity (Wildman–Crippen MR) is 139 cm³/mol. The number of halogens is 1. The summed E-state index contributed by atoms with van der Waals surface area (Å²) in [6, 6.07) is 7.54. The molecule has 1 saturated heterocycles. The Morgan fingerprint density at radius 1 is 1.11 bits per heavy atom. The first-order valence-electron chi connectivity index (χ1n) is 13.1. The van der Waals surface area contributed by atoms with Crippen LogP contribution in [0.5, 0.6) is 5.75 Å². The van der Waals surface area contributed by atoms with Gasteiger partial charge in [-0.3, -0.25) is 19.1 Å². The molecule has 10 heteroatoms. The van der Waals surface area contributed by atoms with E-state index < -0.39 is 22.8 Å². The fourth-order valence-corrected chi connectivity index (χ4v) is 6.05. The Morgan fingerprint density at radius 3 is 2.47 bits per heavy atom. The molecule has 0 unspecified atom stereocenters. The van der Waals surface area contributed by atoms with Crippen LogP contribution < -0.4 is 10.9 Å². The quantitative estimate of drug-likeness (QED) is 0.436. The summed E-state index contributed by atoms with van der Waals surface area (Å²) >= 11 is 0. The van der Waals surface area contributed by atoms with E-state index in [0.29, 0.717) is 43.7 Å². The Kier molecular flexibility index (Phi) is 6.20. The third-order valence-electron chi connectivity index (χ3n) is 8.29. The summed E-state index contributed by atoms with van der Waals surface area (Å²) in [6.07, 6.45) is 5.07. The summed E-state index contributed by atoms with van der Waals surface area (Å²) in [4.78, 5) is 33.9. The smallest absolute Gasteiger partial charge is 0.268 e. The van der Waals surface area contributed by atoms with Crippen molar-refractivity contribution < 1.29 is 24.1 Å². The number of pyridine rings is 2. The molecule has 6 rings (SSSR count). The van der Waals surface area contributed by atoms with Crippen LogP contribution in [0.1, 0.15) is 36.0 Å². The third kappa shape index (κ3) is 4.46. The molecule has 0 atom stereocenters. The number of aromatic nitrogens is 2. The Bertz CT molecular complexity index is 1440. The van der Waals surface area contributed by atoms with E-state index in [1.54, 1.807) is 24.4 Å². The normalized spacial score (nSPS) is 19.8. The number of aromatic hydroxyl groups is 1. The van der Waals surface area contributed by atoms with Gasteiger partial charge >= 0.3 is 0 Å². The minimum absolute atomic E-state index is 0.202. The van der Waals surface area contributed by atoms with Crippen molar-refractivity contribution in [3.05, 3.63) is 58.3 Å². The van der Waals surface area contributed by atoms with Crippen molar-refractivity contribution in [2.45, 2.75) is 37.8 Å². The zero-order chi connectivity index (χ0) is 26.5. The average molecular weight is 523 g/mol. The Labute approximate surface area is 218 Å². The van der Waals surface area contributed by atoms with Gasteiger partial charge in [-0.25, -0.2) is 9.37 Å².